The average molecular weight is 467 g/mol. The first kappa shape index (κ1) is 26.2. The standard InChI is InChI=1S/C18H42O6Si4/c1-25(2,3)20-13-14-15(22-26(4,5)6)16(23-27(7,8)9)17(18(19)21-14)24-28(10,11)12/h14-17H,13H2,1-12H3/t14-,15-,16?,17-/m1/s1. The van der Waals surface area contributed by atoms with E-state index in [2.05, 4.69) is 78.6 Å². The highest BCUT2D eigenvalue weighted by atomic mass is 28.4. The van der Waals surface area contributed by atoms with E-state index in [-0.39, 0.29) is 12.1 Å². The summed E-state index contributed by atoms with van der Waals surface area (Å²) in [5.41, 5.74) is 0. The van der Waals surface area contributed by atoms with Gasteiger partial charge in [0.25, 0.3) is 0 Å². The summed E-state index contributed by atoms with van der Waals surface area (Å²) in [6, 6.07) is 0. The molecule has 1 unspecified atom stereocenters. The van der Waals surface area contributed by atoms with E-state index in [0.29, 0.717) is 6.61 Å². The van der Waals surface area contributed by atoms with E-state index in [1.807, 2.05) is 0 Å². The number of carbonyl (C=O) groups is 1. The van der Waals surface area contributed by atoms with Crippen molar-refractivity contribution in [3.05, 3.63) is 0 Å². The maximum atomic E-state index is 12.9. The third kappa shape index (κ3) is 9.79. The fourth-order valence-corrected chi connectivity index (χ4v) is 6.68. The van der Waals surface area contributed by atoms with Crippen molar-refractivity contribution in [3.8, 4) is 0 Å². The van der Waals surface area contributed by atoms with Crippen LogP contribution in [0.3, 0.4) is 0 Å². The number of hydrogen-bond donors (Lipinski definition) is 0. The van der Waals surface area contributed by atoms with Gasteiger partial charge in [0.2, 0.25) is 0 Å². The highest BCUT2D eigenvalue weighted by Gasteiger charge is 2.52. The molecule has 0 aliphatic carbocycles. The van der Waals surface area contributed by atoms with Crippen LogP contribution in [0.2, 0.25) is 78.6 Å². The molecule has 1 aliphatic rings. The predicted octanol–water partition coefficient (Wildman–Crippen LogP) is 4.42. The molecule has 0 saturated carbocycles. The Morgan fingerprint density at radius 2 is 1.11 bits per heavy atom. The Labute approximate surface area is 176 Å². The molecule has 166 valence electrons. The molecule has 0 bridgehead atoms. The second-order valence-corrected chi connectivity index (χ2v) is 29.3. The molecule has 1 saturated heterocycles. The molecule has 0 spiro atoms. The Bertz CT molecular complexity index is 530. The van der Waals surface area contributed by atoms with E-state index in [1.165, 1.54) is 0 Å². The van der Waals surface area contributed by atoms with Crippen molar-refractivity contribution in [2.45, 2.75) is 103 Å². The van der Waals surface area contributed by atoms with Gasteiger partial charge < -0.3 is 22.4 Å². The van der Waals surface area contributed by atoms with E-state index in [9.17, 15) is 4.79 Å². The molecule has 1 heterocycles. The first-order chi connectivity index (χ1) is 12.3. The molecular formula is C18H42O6Si4. The van der Waals surface area contributed by atoms with Crippen molar-refractivity contribution >= 4 is 39.2 Å². The Morgan fingerprint density at radius 3 is 1.50 bits per heavy atom. The number of cyclic esters (lactones) is 1. The minimum absolute atomic E-state index is 0.335. The highest BCUT2D eigenvalue weighted by Crippen LogP contribution is 2.31. The smallest absolute Gasteiger partial charge is 0.337 e. The average Bonchev–Trinajstić information content (AvgIpc) is 2.39. The lowest BCUT2D eigenvalue weighted by molar-refractivity contribution is -0.198. The largest absolute Gasteiger partial charge is 0.455 e. The van der Waals surface area contributed by atoms with Gasteiger partial charge in [0, 0.05) is 0 Å². The van der Waals surface area contributed by atoms with Crippen LogP contribution in [-0.2, 0) is 27.2 Å². The SMILES string of the molecule is C[Si](C)(C)OC[C@H]1OC(=O)[C@H](O[Si](C)(C)C)C(O[Si](C)(C)C)[C@@H]1O[Si](C)(C)C. The highest BCUT2D eigenvalue weighted by molar-refractivity contribution is 6.71. The number of rotatable bonds is 9. The lowest BCUT2D eigenvalue weighted by atomic mass is 10.0. The minimum atomic E-state index is -2.00. The molecular weight excluding hydrogens is 425 g/mol. The molecule has 28 heavy (non-hydrogen) atoms. The zero-order valence-electron chi connectivity index (χ0n) is 20.0. The number of carbonyl (C=O) groups excluding carboxylic acids is 1. The summed E-state index contributed by atoms with van der Waals surface area (Å²) in [6.07, 6.45) is -2.08. The molecule has 1 fully saturated rings. The fraction of sp³-hybridized carbons (Fsp3) is 0.944. The molecule has 0 N–H and O–H groups in total. The second-order valence-electron chi connectivity index (χ2n) is 11.4. The second kappa shape index (κ2) is 9.12. The Hall–Kier alpha value is 0.178. The van der Waals surface area contributed by atoms with Crippen LogP contribution in [0.5, 0.6) is 0 Å². The van der Waals surface area contributed by atoms with E-state index in [0.717, 1.165) is 0 Å². The third-order valence-electron chi connectivity index (χ3n) is 3.63. The van der Waals surface area contributed by atoms with E-state index < -0.39 is 51.6 Å². The maximum Gasteiger partial charge on any atom is 0.337 e. The molecule has 0 aromatic rings. The van der Waals surface area contributed by atoms with Crippen LogP contribution < -0.4 is 0 Å². The number of ether oxygens (including phenoxy) is 1. The van der Waals surface area contributed by atoms with Gasteiger partial charge >= 0.3 is 5.97 Å². The summed E-state index contributed by atoms with van der Waals surface area (Å²) in [6.45, 7) is 25.7. The number of hydrogen-bond acceptors (Lipinski definition) is 6. The van der Waals surface area contributed by atoms with Gasteiger partial charge in [0.15, 0.2) is 45.5 Å². The monoisotopic (exact) mass is 466 g/mol. The maximum absolute atomic E-state index is 12.9. The molecule has 0 aromatic heterocycles. The van der Waals surface area contributed by atoms with Crippen LogP contribution in [0, 0.1) is 0 Å². The summed E-state index contributed by atoms with van der Waals surface area (Å²) in [4.78, 5) is 12.9. The van der Waals surface area contributed by atoms with Gasteiger partial charge in [0.05, 0.1) is 6.61 Å². The molecule has 0 amide bonds. The van der Waals surface area contributed by atoms with Crippen molar-refractivity contribution < 1.29 is 27.2 Å². The van der Waals surface area contributed by atoms with Crippen LogP contribution in [0.4, 0.5) is 0 Å². The van der Waals surface area contributed by atoms with Crippen molar-refractivity contribution in [2.75, 3.05) is 6.61 Å². The van der Waals surface area contributed by atoms with Gasteiger partial charge in [-0.15, -0.1) is 0 Å². The number of esters is 1. The van der Waals surface area contributed by atoms with Crippen LogP contribution in [0.15, 0.2) is 0 Å². The zero-order chi connectivity index (χ0) is 22.1. The van der Waals surface area contributed by atoms with E-state index in [4.69, 9.17) is 22.4 Å². The Kier molecular flexibility index (Phi) is 8.54. The van der Waals surface area contributed by atoms with E-state index in [1.54, 1.807) is 0 Å². The topological polar surface area (TPSA) is 63.2 Å². The summed E-state index contributed by atoms with van der Waals surface area (Å²) in [5.74, 6) is -0.356. The summed E-state index contributed by atoms with van der Waals surface area (Å²) in [7, 11) is -7.66. The van der Waals surface area contributed by atoms with Gasteiger partial charge in [-0.1, -0.05) is 0 Å². The quantitative estimate of drug-likeness (QED) is 0.370. The van der Waals surface area contributed by atoms with E-state index >= 15 is 0 Å². The third-order valence-corrected chi connectivity index (χ3v) is 7.58. The minimum Gasteiger partial charge on any atom is -0.455 e. The lowest BCUT2D eigenvalue weighted by Gasteiger charge is -2.47. The molecule has 10 heteroatoms. The predicted molar refractivity (Wildman–Crippen MR) is 124 cm³/mol. The Morgan fingerprint density at radius 1 is 0.679 bits per heavy atom. The van der Waals surface area contributed by atoms with Crippen LogP contribution in [-0.4, -0.2) is 70.3 Å². The lowest BCUT2D eigenvalue weighted by Crippen LogP contribution is -2.64. The molecule has 1 rings (SSSR count). The van der Waals surface area contributed by atoms with Gasteiger partial charge in [-0.3, -0.25) is 0 Å². The van der Waals surface area contributed by atoms with Crippen molar-refractivity contribution in [2.24, 2.45) is 0 Å². The summed E-state index contributed by atoms with van der Waals surface area (Å²) >= 11 is 0. The fourth-order valence-electron chi connectivity index (χ4n) is 2.85. The molecule has 6 nitrogen and oxygen atoms in total. The first-order valence-electron chi connectivity index (χ1n) is 10.2. The molecule has 0 aromatic carbocycles. The normalized spacial score (nSPS) is 27.6. The van der Waals surface area contributed by atoms with Gasteiger partial charge in [0.1, 0.15) is 12.2 Å². The first-order valence-corrected chi connectivity index (χ1v) is 23.8. The zero-order valence-corrected chi connectivity index (χ0v) is 24.0. The summed E-state index contributed by atoms with van der Waals surface area (Å²) < 4.78 is 31.2. The van der Waals surface area contributed by atoms with Crippen molar-refractivity contribution in [1.82, 2.24) is 0 Å². The van der Waals surface area contributed by atoms with Crippen molar-refractivity contribution in [3.63, 3.8) is 0 Å². The molecule has 1 aliphatic heterocycles. The Balaban J connectivity index is 3.28. The van der Waals surface area contributed by atoms with Gasteiger partial charge in [-0.05, 0) is 78.6 Å². The molecule has 4 atom stereocenters. The van der Waals surface area contributed by atoms with Gasteiger partial charge in [-0.2, -0.15) is 0 Å². The van der Waals surface area contributed by atoms with Crippen LogP contribution in [0.25, 0.3) is 0 Å². The summed E-state index contributed by atoms with van der Waals surface area (Å²) in [5, 5.41) is 0. The van der Waals surface area contributed by atoms with Gasteiger partial charge in [-0.25, -0.2) is 4.79 Å². The van der Waals surface area contributed by atoms with Crippen LogP contribution in [0.1, 0.15) is 0 Å². The van der Waals surface area contributed by atoms with Crippen LogP contribution >= 0.6 is 0 Å². The molecule has 0 radical (unpaired) electrons. The van der Waals surface area contributed by atoms with Crippen molar-refractivity contribution in [1.29, 1.82) is 0 Å².